The molecule has 4 heteroatoms. The Morgan fingerprint density at radius 3 is 2.71 bits per heavy atom. The Kier molecular flexibility index (Phi) is 5.29. The van der Waals surface area contributed by atoms with Crippen molar-refractivity contribution >= 4 is 0 Å². The second kappa shape index (κ2) is 7.79. The van der Waals surface area contributed by atoms with E-state index in [4.69, 9.17) is 4.74 Å². The molecule has 0 amide bonds. The van der Waals surface area contributed by atoms with Crippen LogP contribution in [-0.2, 0) is 13.0 Å². The van der Waals surface area contributed by atoms with Gasteiger partial charge in [-0.25, -0.2) is 0 Å². The Bertz CT molecular complexity index is 781. The van der Waals surface area contributed by atoms with E-state index < -0.39 is 0 Å². The van der Waals surface area contributed by atoms with Crippen molar-refractivity contribution in [2.45, 2.75) is 19.9 Å². The first kappa shape index (κ1) is 16.3. The topological polar surface area (TPSA) is 49.9 Å². The predicted octanol–water partition coefficient (Wildman–Crippen LogP) is 3.73. The number of rotatable bonds is 7. The van der Waals surface area contributed by atoms with Gasteiger partial charge in [-0.15, -0.1) is 0 Å². The molecule has 0 spiro atoms. The van der Waals surface area contributed by atoms with Gasteiger partial charge in [-0.05, 0) is 31.7 Å². The van der Waals surface area contributed by atoms with E-state index in [0.717, 1.165) is 35.7 Å². The monoisotopic (exact) mass is 321 g/mol. The van der Waals surface area contributed by atoms with E-state index in [2.05, 4.69) is 51.9 Å². The zero-order chi connectivity index (χ0) is 16.8. The lowest BCUT2D eigenvalue weighted by atomic mass is 10.1. The molecule has 3 rings (SSSR count). The molecule has 0 aliphatic heterocycles. The summed E-state index contributed by atoms with van der Waals surface area (Å²) >= 11 is 0. The van der Waals surface area contributed by atoms with Crippen molar-refractivity contribution < 1.29 is 4.74 Å². The minimum absolute atomic E-state index is 0.663. The molecule has 0 saturated carbocycles. The Balaban J connectivity index is 1.70. The molecule has 2 aromatic carbocycles. The SMILES string of the molecule is CNCc1c(-c2cccc(OCCc3ccccc3)c2)n[nH]c1C. The lowest BCUT2D eigenvalue weighted by Crippen LogP contribution is -2.06. The fourth-order valence-electron chi connectivity index (χ4n) is 2.75. The van der Waals surface area contributed by atoms with E-state index in [1.165, 1.54) is 11.1 Å². The molecule has 1 heterocycles. The summed E-state index contributed by atoms with van der Waals surface area (Å²) in [7, 11) is 1.94. The summed E-state index contributed by atoms with van der Waals surface area (Å²) in [6, 6.07) is 18.5. The molecule has 4 nitrogen and oxygen atoms in total. The molecule has 24 heavy (non-hydrogen) atoms. The number of nitrogens with one attached hydrogen (secondary N) is 2. The van der Waals surface area contributed by atoms with Gasteiger partial charge >= 0.3 is 0 Å². The second-order valence-corrected chi connectivity index (χ2v) is 5.82. The third-order valence-electron chi connectivity index (χ3n) is 4.04. The average molecular weight is 321 g/mol. The summed E-state index contributed by atoms with van der Waals surface area (Å²) in [6.07, 6.45) is 0.900. The lowest BCUT2D eigenvalue weighted by molar-refractivity contribution is 0.322. The van der Waals surface area contributed by atoms with Crippen LogP contribution in [0.5, 0.6) is 5.75 Å². The highest BCUT2D eigenvalue weighted by molar-refractivity contribution is 5.65. The van der Waals surface area contributed by atoms with Crippen LogP contribution in [0, 0.1) is 6.92 Å². The van der Waals surface area contributed by atoms with Gasteiger partial charge in [0.2, 0.25) is 0 Å². The number of aryl methyl sites for hydroxylation is 1. The van der Waals surface area contributed by atoms with Crippen LogP contribution >= 0.6 is 0 Å². The number of aromatic nitrogens is 2. The molecular weight excluding hydrogens is 298 g/mol. The molecule has 3 aromatic rings. The van der Waals surface area contributed by atoms with Crippen molar-refractivity contribution in [3.05, 3.63) is 71.4 Å². The van der Waals surface area contributed by atoms with Crippen molar-refractivity contribution in [2.75, 3.05) is 13.7 Å². The fraction of sp³-hybridized carbons (Fsp3) is 0.250. The van der Waals surface area contributed by atoms with Crippen LogP contribution in [-0.4, -0.2) is 23.9 Å². The second-order valence-electron chi connectivity index (χ2n) is 5.82. The molecule has 0 saturated heterocycles. The van der Waals surface area contributed by atoms with Crippen LogP contribution in [0.4, 0.5) is 0 Å². The maximum Gasteiger partial charge on any atom is 0.119 e. The largest absolute Gasteiger partial charge is 0.493 e. The van der Waals surface area contributed by atoms with Crippen LogP contribution in [0.2, 0.25) is 0 Å². The Hall–Kier alpha value is -2.59. The van der Waals surface area contributed by atoms with Crippen molar-refractivity contribution in [1.82, 2.24) is 15.5 Å². The zero-order valence-corrected chi connectivity index (χ0v) is 14.2. The first-order valence-electron chi connectivity index (χ1n) is 8.23. The lowest BCUT2D eigenvalue weighted by Gasteiger charge is -2.09. The molecular formula is C20H23N3O. The number of hydrogen-bond donors (Lipinski definition) is 2. The highest BCUT2D eigenvalue weighted by Crippen LogP contribution is 2.26. The van der Waals surface area contributed by atoms with Gasteiger partial charge in [-0.2, -0.15) is 5.10 Å². The van der Waals surface area contributed by atoms with Crippen LogP contribution in [0.3, 0.4) is 0 Å². The first-order valence-corrected chi connectivity index (χ1v) is 8.23. The number of hydrogen-bond acceptors (Lipinski definition) is 3. The standard InChI is InChI=1S/C20H23N3O/c1-15-19(14-21-2)20(23-22-15)17-9-6-10-18(13-17)24-12-11-16-7-4-3-5-8-16/h3-10,13,21H,11-12,14H2,1-2H3,(H,22,23). The van der Waals surface area contributed by atoms with E-state index in [1.54, 1.807) is 0 Å². The Morgan fingerprint density at radius 2 is 1.92 bits per heavy atom. The zero-order valence-electron chi connectivity index (χ0n) is 14.2. The molecule has 2 N–H and O–H groups in total. The van der Waals surface area contributed by atoms with Crippen molar-refractivity contribution in [2.24, 2.45) is 0 Å². The number of nitrogens with zero attached hydrogens (tertiary/aromatic N) is 1. The molecule has 1 aromatic heterocycles. The van der Waals surface area contributed by atoms with E-state index in [-0.39, 0.29) is 0 Å². The summed E-state index contributed by atoms with van der Waals surface area (Å²) in [6.45, 7) is 3.50. The predicted molar refractivity (Wildman–Crippen MR) is 97.2 cm³/mol. The molecule has 0 aliphatic carbocycles. The third-order valence-corrected chi connectivity index (χ3v) is 4.04. The quantitative estimate of drug-likeness (QED) is 0.697. The summed E-state index contributed by atoms with van der Waals surface area (Å²) in [5.41, 5.74) is 5.62. The van der Waals surface area contributed by atoms with Gasteiger partial charge in [0.15, 0.2) is 0 Å². The van der Waals surface area contributed by atoms with E-state index in [1.807, 2.05) is 32.2 Å². The highest BCUT2D eigenvalue weighted by Gasteiger charge is 2.12. The van der Waals surface area contributed by atoms with E-state index in [9.17, 15) is 0 Å². The maximum atomic E-state index is 5.93. The molecule has 0 aliphatic rings. The number of benzene rings is 2. The first-order chi connectivity index (χ1) is 11.8. The van der Waals surface area contributed by atoms with Crippen LogP contribution < -0.4 is 10.1 Å². The summed E-state index contributed by atoms with van der Waals surface area (Å²) < 4.78 is 5.93. The maximum absolute atomic E-state index is 5.93. The van der Waals surface area contributed by atoms with Gasteiger partial charge in [0.1, 0.15) is 5.75 Å². The molecule has 124 valence electrons. The smallest absolute Gasteiger partial charge is 0.119 e. The molecule has 0 unspecified atom stereocenters. The molecule has 0 bridgehead atoms. The molecule has 0 atom stereocenters. The van der Waals surface area contributed by atoms with Crippen molar-refractivity contribution in [3.63, 3.8) is 0 Å². The summed E-state index contributed by atoms with van der Waals surface area (Å²) in [5.74, 6) is 0.875. The van der Waals surface area contributed by atoms with Crippen molar-refractivity contribution in [1.29, 1.82) is 0 Å². The fourth-order valence-corrected chi connectivity index (χ4v) is 2.75. The van der Waals surface area contributed by atoms with Gasteiger partial charge in [0.25, 0.3) is 0 Å². The minimum Gasteiger partial charge on any atom is -0.493 e. The molecule has 0 radical (unpaired) electrons. The Labute approximate surface area is 142 Å². The van der Waals surface area contributed by atoms with E-state index in [0.29, 0.717) is 6.61 Å². The number of ether oxygens (including phenoxy) is 1. The van der Waals surface area contributed by atoms with Crippen LogP contribution in [0.1, 0.15) is 16.8 Å². The third kappa shape index (κ3) is 3.84. The minimum atomic E-state index is 0.663. The van der Waals surface area contributed by atoms with Gasteiger partial charge in [-0.1, -0.05) is 42.5 Å². The Morgan fingerprint density at radius 1 is 1.08 bits per heavy atom. The average Bonchev–Trinajstić information content (AvgIpc) is 2.97. The summed E-state index contributed by atoms with van der Waals surface area (Å²) in [4.78, 5) is 0. The normalized spacial score (nSPS) is 10.8. The molecule has 0 fully saturated rings. The van der Waals surface area contributed by atoms with E-state index >= 15 is 0 Å². The van der Waals surface area contributed by atoms with Crippen molar-refractivity contribution in [3.8, 4) is 17.0 Å². The highest BCUT2D eigenvalue weighted by atomic mass is 16.5. The van der Waals surface area contributed by atoms with Crippen LogP contribution in [0.25, 0.3) is 11.3 Å². The van der Waals surface area contributed by atoms with Gasteiger partial charge in [-0.3, -0.25) is 5.10 Å². The van der Waals surface area contributed by atoms with Gasteiger partial charge in [0, 0.05) is 29.8 Å². The summed E-state index contributed by atoms with van der Waals surface area (Å²) in [5, 5.41) is 10.7. The number of aromatic amines is 1. The number of H-pyrrole nitrogens is 1. The van der Waals surface area contributed by atoms with Crippen LogP contribution in [0.15, 0.2) is 54.6 Å². The van der Waals surface area contributed by atoms with Gasteiger partial charge in [0.05, 0.1) is 12.3 Å². The van der Waals surface area contributed by atoms with Gasteiger partial charge < -0.3 is 10.1 Å².